The highest BCUT2D eigenvalue weighted by Crippen LogP contribution is 2.24. The zero-order valence-electron chi connectivity index (χ0n) is 15.5. The lowest BCUT2D eigenvalue weighted by molar-refractivity contribution is 0.0774. The van der Waals surface area contributed by atoms with Gasteiger partial charge in [0.1, 0.15) is 0 Å². The molecule has 0 radical (unpaired) electrons. The number of hydrogen-bond donors (Lipinski definition) is 0. The molecular weight excluding hydrogens is 348 g/mol. The van der Waals surface area contributed by atoms with Crippen LogP contribution in [-0.4, -0.2) is 70.2 Å². The van der Waals surface area contributed by atoms with Crippen LogP contribution < -0.4 is 5.43 Å². The number of carbonyl (C=O) groups excluding carboxylic acids is 1. The van der Waals surface area contributed by atoms with E-state index in [1.54, 1.807) is 21.3 Å². The zero-order valence-corrected chi connectivity index (χ0v) is 16.4. The Bertz CT molecular complexity index is 850. The monoisotopic (exact) mass is 372 g/mol. The molecule has 0 bridgehead atoms. The van der Waals surface area contributed by atoms with Crippen molar-refractivity contribution < 1.29 is 4.79 Å². The molecule has 1 saturated heterocycles. The second-order valence-corrected chi connectivity index (χ2v) is 7.84. The summed E-state index contributed by atoms with van der Waals surface area (Å²) in [6, 6.07) is 11.3. The lowest BCUT2D eigenvalue weighted by atomic mass is 10.2. The van der Waals surface area contributed by atoms with Gasteiger partial charge in [0, 0.05) is 36.1 Å². The van der Waals surface area contributed by atoms with Gasteiger partial charge in [-0.2, -0.15) is 16.9 Å². The summed E-state index contributed by atoms with van der Waals surface area (Å²) >= 11 is 1.75. The molecule has 138 valence electrons. The molecule has 2 aromatic rings. The van der Waals surface area contributed by atoms with Gasteiger partial charge in [-0.25, -0.2) is 4.68 Å². The van der Waals surface area contributed by atoms with E-state index in [1.165, 1.54) is 6.07 Å². The lowest BCUT2D eigenvalue weighted by Crippen LogP contribution is -2.38. The van der Waals surface area contributed by atoms with E-state index in [0.717, 1.165) is 5.69 Å². The molecule has 1 aromatic heterocycles. The lowest BCUT2D eigenvalue weighted by Gasteiger charge is -2.23. The first-order valence-corrected chi connectivity index (χ1v) is 9.86. The van der Waals surface area contributed by atoms with Crippen molar-refractivity contribution in [2.45, 2.75) is 18.2 Å². The number of aromatic nitrogens is 2. The first-order valence-electron chi connectivity index (χ1n) is 8.57. The van der Waals surface area contributed by atoms with Crippen molar-refractivity contribution >= 4 is 17.7 Å². The normalized spacial score (nSPS) is 20.0. The minimum atomic E-state index is -0.325. The Hall–Kier alpha value is -2.12. The number of likely N-dealkylation sites (N-methyl/N-ethyl adjacent to an activating group) is 1. The molecule has 3 rings (SSSR count). The third-order valence-corrected chi connectivity index (χ3v) is 5.87. The Morgan fingerprint density at radius 3 is 2.50 bits per heavy atom. The molecule has 2 unspecified atom stereocenters. The van der Waals surface area contributed by atoms with Crippen LogP contribution in [0.2, 0.25) is 0 Å². The van der Waals surface area contributed by atoms with Crippen molar-refractivity contribution in [1.82, 2.24) is 19.6 Å². The van der Waals surface area contributed by atoms with Crippen molar-refractivity contribution in [1.29, 1.82) is 0 Å². The number of para-hydroxylation sites is 1. The predicted molar refractivity (Wildman–Crippen MR) is 105 cm³/mol. The van der Waals surface area contributed by atoms with E-state index in [-0.39, 0.29) is 23.1 Å². The molecule has 1 aliphatic rings. The molecule has 1 aromatic carbocycles. The van der Waals surface area contributed by atoms with Crippen molar-refractivity contribution in [3.63, 3.8) is 0 Å². The number of aryl methyl sites for hydroxylation is 1. The van der Waals surface area contributed by atoms with Crippen molar-refractivity contribution in [3.8, 4) is 5.69 Å². The van der Waals surface area contributed by atoms with Crippen LogP contribution in [0.4, 0.5) is 0 Å². The summed E-state index contributed by atoms with van der Waals surface area (Å²) in [6.45, 7) is 3.05. The fourth-order valence-electron chi connectivity index (χ4n) is 3.33. The third kappa shape index (κ3) is 3.54. The first-order chi connectivity index (χ1) is 12.4. The minimum Gasteiger partial charge on any atom is -0.334 e. The second-order valence-electron chi connectivity index (χ2n) is 6.76. The number of thioether (sulfide) groups is 1. The molecule has 6 nitrogen and oxygen atoms in total. The smallest absolute Gasteiger partial charge is 0.278 e. The van der Waals surface area contributed by atoms with Gasteiger partial charge in [0.15, 0.2) is 5.69 Å². The van der Waals surface area contributed by atoms with Crippen molar-refractivity contribution in [2.75, 3.05) is 33.4 Å². The summed E-state index contributed by atoms with van der Waals surface area (Å²) in [4.78, 5) is 29.4. The maximum absolute atomic E-state index is 13.0. The van der Waals surface area contributed by atoms with Gasteiger partial charge in [0.2, 0.25) is 5.43 Å². The Kier molecular flexibility index (Phi) is 5.48. The van der Waals surface area contributed by atoms with Gasteiger partial charge in [-0.3, -0.25) is 9.59 Å². The van der Waals surface area contributed by atoms with Crippen LogP contribution in [0.1, 0.15) is 16.2 Å². The van der Waals surface area contributed by atoms with E-state index in [9.17, 15) is 9.59 Å². The molecule has 2 atom stereocenters. The predicted octanol–water partition coefficient (Wildman–Crippen LogP) is 1.66. The number of likely N-dealkylation sites (tertiary alicyclic amines) is 1. The summed E-state index contributed by atoms with van der Waals surface area (Å²) in [5.74, 6) is -0.289. The van der Waals surface area contributed by atoms with Crippen molar-refractivity contribution in [3.05, 3.63) is 58.0 Å². The number of amides is 1. The number of benzene rings is 1. The van der Waals surface area contributed by atoms with Gasteiger partial charge in [0.25, 0.3) is 5.91 Å². The van der Waals surface area contributed by atoms with Crippen LogP contribution in [0.3, 0.4) is 0 Å². The fraction of sp³-hybridized carbons (Fsp3) is 0.421. The number of hydrogen-bond acceptors (Lipinski definition) is 5. The number of nitrogens with zero attached hydrogens (tertiary/aromatic N) is 4. The summed E-state index contributed by atoms with van der Waals surface area (Å²) in [6.07, 6.45) is 2.06. The molecule has 0 spiro atoms. The van der Waals surface area contributed by atoms with Gasteiger partial charge >= 0.3 is 0 Å². The van der Waals surface area contributed by atoms with Gasteiger partial charge in [-0.05, 0) is 39.4 Å². The zero-order chi connectivity index (χ0) is 18.8. The second kappa shape index (κ2) is 7.63. The SMILES string of the molecule is CSC1CN(C(=O)c2nn(-c3ccccc3)c(C)cc2=O)CC1N(C)C. The highest BCUT2D eigenvalue weighted by atomic mass is 32.2. The van der Waals surface area contributed by atoms with Crippen LogP contribution >= 0.6 is 11.8 Å². The first kappa shape index (κ1) is 18.7. The quantitative estimate of drug-likeness (QED) is 0.817. The van der Waals surface area contributed by atoms with Crippen LogP contribution in [0.5, 0.6) is 0 Å². The highest BCUT2D eigenvalue weighted by molar-refractivity contribution is 7.99. The van der Waals surface area contributed by atoms with Crippen molar-refractivity contribution in [2.24, 2.45) is 0 Å². The molecule has 26 heavy (non-hydrogen) atoms. The average molecular weight is 372 g/mol. The van der Waals surface area contributed by atoms with Crippen LogP contribution in [-0.2, 0) is 0 Å². The molecule has 0 N–H and O–H groups in total. The largest absolute Gasteiger partial charge is 0.334 e. The van der Waals surface area contributed by atoms with E-state index in [4.69, 9.17) is 0 Å². The summed E-state index contributed by atoms with van der Waals surface area (Å²) in [5.41, 5.74) is 1.19. The van der Waals surface area contributed by atoms with E-state index in [2.05, 4.69) is 16.3 Å². The fourth-order valence-corrected chi connectivity index (χ4v) is 4.30. The Morgan fingerprint density at radius 2 is 1.92 bits per heavy atom. The Morgan fingerprint density at radius 1 is 1.23 bits per heavy atom. The van der Waals surface area contributed by atoms with E-state index in [1.807, 2.05) is 51.4 Å². The maximum atomic E-state index is 13.0. The summed E-state index contributed by atoms with van der Waals surface area (Å²) in [5, 5.41) is 4.73. The Labute approximate surface area is 157 Å². The minimum absolute atomic E-state index is 0.0151. The maximum Gasteiger partial charge on any atom is 0.278 e. The van der Waals surface area contributed by atoms with E-state index >= 15 is 0 Å². The molecule has 2 heterocycles. The summed E-state index contributed by atoms with van der Waals surface area (Å²) < 4.78 is 1.65. The molecule has 1 fully saturated rings. The molecule has 1 aliphatic heterocycles. The van der Waals surface area contributed by atoms with Gasteiger partial charge in [-0.1, -0.05) is 18.2 Å². The number of rotatable bonds is 4. The molecular formula is C19H24N4O2S. The van der Waals surface area contributed by atoms with Gasteiger partial charge < -0.3 is 9.80 Å². The molecule has 1 amide bonds. The topological polar surface area (TPSA) is 58.4 Å². The van der Waals surface area contributed by atoms with Gasteiger partial charge in [-0.15, -0.1) is 0 Å². The average Bonchev–Trinajstić information content (AvgIpc) is 3.07. The number of carbonyl (C=O) groups is 1. The van der Waals surface area contributed by atoms with Crippen LogP contribution in [0.25, 0.3) is 5.69 Å². The standard InChI is InChI=1S/C19H24N4O2S/c1-13-10-16(24)18(20-23(13)14-8-6-5-7-9-14)19(25)22-11-15(21(2)3)17(12-22)26-4/h5-10,15,17H,11-12H2,1-4H3. The molecule has 0 saturated carbocycles. The highest BCUT2D eigenvalue weighted by Gasteiger charge is 2.37. The van der Waals surface area contributed by atoms with Gasteiger partial charge in [0.05, 0.1) is 5.69 Å². The Balaban J connectivity index is 1.94. The van der Waals surface area contributed by atoms with E-state index < -0.39 is 0 Å². The van der Waals surface area contributed by atoms with Crippen LogP contribution in [0.15, 0.2) is 41.2 Å². The molecule has 7 heteroatoms. The van der Waals surface area contributed by atoms with E-state index in [0.29, 0.717) is 24.0 Å². The third-order valence-electron chi connectivity index (χ3n) is 4.80. The molecule has 0 aliphatic carbocycles. The summed E-state index contributed by atoms with van der Waals surface area (Å²) in [7, 11) is 4.04. The van der Waals surface area contributed by atoms with Crippen LogP contribution in [0, 0.1) is 6.92 Å².